The molecule has 35 heavy (non-hydrogen) atoms. The van der Waals surface area contributed by atoms with Crippen LogP contribution in [0.25, 0.3) is 33.8 Å². The first-order valence-electron chi connectivity index (χ1n) is 11.4. The number of esters is 1. The summed E-state index contributed by atoms with van der Waals surface area (Å²) in [6.07, 6.45) is 3.43. The Morgan fingerprint density at radius 3 is 1.86 bits per heavy atom. The van der Waals surface area contributed by atoms with Gasteiger partial charge in [0.1, 0.15) is 17.1 Å². The van der Waals surface area contributed by atoms with Crippen LogP contribution in [0.2, 0.25) is 0 Å². The molecule has 0 saturated heterocycles. The summed E-state index contributed by atoms with van der Waals surface area (Å²) in [7, 11) is 0. The number of carbonyl (C=O) groups excluding carboxylic acids is 1. The molecule has 172 valence electrons. The summed E-state index contributed by atoms with van der Waals surface area (Å²) < 4.78 is 5.62. The van der Waals surface area contributed by atoms with Crippen LogP contribution in [0.3, 0.4) is 0 Å². The summed E-state index contributed by atoms with van der Waals surface area (Å²) in [4.78, 5) is 31.5. The lowest BCUT2D eigenvalue weighted by Gasteiger charge is -2.19. The van der Waals surface area contributed by atoms with Gasteiger partial charge in [0.15, 0.2) is 0 Å². The number of hydrogen-bond acceptors (Lipinski definition) is 6. The Balaban J connectivity index is 1.51. The fourth-order valence-corrected chi connectivity index (χ4v) is 3.73. The highest BCUT2D eigenvalue weighted by atomic mass is 16.5. The van der Waals surface area contributed by atoms with Gasteiger partial charge in [-0.15, -0.1) is 0 Å². The SMILES string of the molecule is CC(C)(C)c1ccc(OC(=O)c2ccc3nc(-c4ccccn4)c(-c4ccccn4)nc3c2)cc1. The largest absolute Gasteiger partial charge is 0.423 e. The highest BCUT2D eigenvalue weighted by Gasteiger charge is 2.18. The zero-order valence-corrected chi connectivity index (χ0v) is 19.8. The van der Waals surface area contributed by atoms with Crippen LogP contribution in [0.5, 0.6) is 5.75 Å². The van der Waals surface area contributed by atoms with Crippen LogP contribution < -0.4 is 4.74 Å². The molecule has 6 nitrogen and oxygen atoms in total. The first kappa shape index (κ1) is 22.3. The molecule has 5 aromatic rings. The van der Waals surface area contributed by atoms with Crippen LogP contribution in [0.4, 0.5) is 0 Å². The second-order valence-electron chi connectivity index (χ2n) is 9.22. The summed E-state index contributed by atoms with van der Waals surface area (Å²) >= 11 is 0. The summed E-state index contributed by atoms with van der Waals surface area (Å²) in [6.45, 7) is 6.42. The number of ether oxygens (including phenoxy) is 1. The minimum Gasteiger partial charge on any atom is -0.423 e. The van der Waals surface area contributed by atoms with Gasteiger partial charge < -0.3 is 4.74 Å². The van der Waals surface area contributed by atoms with Crippen molar-refractivity contribution in [1.82, 2.24) is 19.9 Å². The summed E-state index contributed by atoms with van der Waals surface area (Å²) in [6, 6.07) is 24.0. The normalized spacial score (nSPS) is 11.4. The number of nitrogens with zero attached hydrogens (tertiary/aromatic N) is 4. The predicted octanol–water partition coefficient (Wildman–Crippen LogP) is 6.27. The summed E-state index contributed by atoms with van der Waals surface area (Å²) in [5.41, 5.74) is 5.41. The van der Waals surface area contributed by atoms with E-state index < -0.39 is 5.97 Å². The van der Waals surface area contributed by atoms with Gasteiger partial charge in [-0.2, -0.15) is 0 Å². The average molecular weight is 461 g/mol. The number of hydrogen-bond donors (Lipinski definition) is 0. The van der Waals surface area contributed by atoms with E-state index in [4.69, 9.17) is 14.7 Å². The third-order valence-corrected chi connectivity index (χ3v) is 5.65. The van der Waals surface area contributed by atoms with Gasteiger partial charge in [-0.25, -0.2) is 14.8 Å². The van der Waals surface area contributed by atoms with Crippen molar-refractivity contribution in [3.63, 3.8) is 0 Å². The number of fused-ring (bicyclic) bond motifs is 1. The molecule has 0 aliphatic heterocycles. The molecule has 3 aromatic heterocycles. The van der Waals surface area contributed by atoms with Gasteiger partial charge in [-0.1, -0.05) is 45.0 Å². The molecule has 0 saturated carbocycles. The van der Waals surface area contributed by atoms with Crippen molar-refractivity contribution in [2.24, 2.45) is 0 Å². The Kier molecular flexibility index (Phi) is 5.79. The molecule has 3 heterocycles. The van der Waals surface area contributed by atoms with Crippen molar-refractivity contribution >= 4 is 17.0 Å². The van der Waals surface area contributed by atoms with E-state index >= 15 is 0 Å². The van der Waals surface area contributed by atoms with Crippen LogP contribution >= 0.6 is 0 Å². The van der Waals surface area contributed by atoms with Crippen molar-refractivity contribution in [1.29, 1.82) is 0 Å². The first-order valence-corrected chi connectivity index (χ1v) is 11.4. The minimum atomic E-state index is -0.453. The summed E-state index contributed by atoms with van der Waals surface area (Å²) in [5, 5.41) is 0. The van der Waals surface area contributed by atoms with Crippen molar-refractivity contribution in [3.05, 3.63) is 102 Å². The zero-order chi connectivity index (χ0) is 24.4. The number of benzene rings is 2. The molecule has 0 unspecified atom stereocenters. The van der Waals surface area contributed by atoms with Gasteiger partial charge in [0.25, 0.3) is 0 Å². The standard InChI is InChI=1S/C29H24N4O2/c1-29(2,3)20-11-13-21(14-12-20)35-28(34)19-10-15-22-25(18-19)33-27(24-9-5-7-17-31-24)26(32-22)23-8-4-6-16-30-23/h4-18H,1-3H3. The second-order valence-corrected chi connectivity index (χ2v) is 9.22. The van der Waals surface area contributed by atoms with Gasteiger partial charge >= 0.3 is 5.97 Å². The van der Waals surface area contributed by atoms with Crippen LogP contribution in [-0.4, -0.2) is 25.9 Å². The van der Waals surface area contributed by atoms with Crippen LogP contribution in [0, 0.1) is 0 Å². The van der Waals surface area contributed by atoms with E-state index in [0.717, 1.165) is 0 Å². The Bertz CT molecular complexity index is 1490. The molecular formula is C29H24N4O2. The number of pyridine rings is 2. The molecule has 0 bridgehead atoms. The average Bonchev–Trinajstić information content (AvgIpc) is 2.88. The Morgan fingerprint density at radius 2 is 1.31 bits per heavy atom. The van der Waals surface area contributed by atoms with Crippen LogP contribution in [0.1, 0.15) is 36.7 Å². The lowest BCUT2D eigenvalue weighted by atomic mass is 9.87. The van der Waals surface area contributed by atoms with Crippen molar-refractivity contribution in [3.8, 4) is 28.5 Å². The van der Waals surface area contributed by atoms with Gasteiger partial charge in [-0.05, 0) is 65.6 Å². The van der Waals surface area contributed by atoms with E-state index in [1.165, 1.54) is 5.56 Å². The molecule has 6 heteroatoms. The molecule has 0 N–H and O–H groups in total. The molecule has 2 aromatic carbocycles. The molecule has 0 atom stereocenters. The molecular weight excluding hydrogens is 436 g/mol. The molecule has 0 radical (unpaired) electrons. The number of rotatable bonds is 4. The monoisotopic (exact) mass is 460 g/mol. The van der Waals surface area contributed by atoms with Gasteiger partial charge in [0, 0.05) is 12.4 Å². The maximum Gasteiger partial charge on any atom is 0.343 e. The van der Waals surface area contributed by atoms with Gasteiger partial charge in [-0.3, -0.25) is 9.97 Å². The Hall–Kier alpha value is -4.45. The van der Waals surface area contributed by atoms with E-state index in [1.54, 1.807) is 30.6 Å². The fourth-order valence-electron chi connectivity index (χ4n) is 3.73. The molecule has 0 fully saturated rings. The van der Waals surface area contributed by atoms with E-state index in [0.29, 0.717) is 45.1 Å². The lowest BCUT2D eigenvalue weighted by Crippen LogP contribution is -2.12. The second kappa shape index (κ2) is 9.06. The van der Waals surface area contributed by atoms with E-state index in [2.05, 4.69) is 30.7 Å². The number of aromatic nitrogens is 4. The number of carbonyl (C=O) groups is 1. The molecule has 5 rings (SSSR count). The van der Waals surface area contributed by atoms with E-state index in [9.17, 15) is 4.79 Å². The maximum atomic E-state index is 12.9. The Morgan fingerprint density at radius 1 is 0.714 bits per heavy atom. The highest BCUT2D eigenvalue weighted by Crippen LogP contribution is 2.29. The highest BCUT2D eigenvalue weighted by molar-refractivity contribution is 5.95. The quantitative estimate of drug-likeness (QED) is 0.232. The molecule has 0 aliphatic rings. The van der Waals surface area contributed by atoms with Crippen LogP contribution in [0.15, 0.2) is 91.3 Å². The minimum absolute atomic E-state index is 0.0268. The maximum absolute atomic E-state index is 12.9. The topological polar surface area (TPSA) is 77.9 Å². The zero-order valence-electron chi connectivity index (χ0n) is 19.8. The summed E-state index contributed by atoms with van der Waals surface area (Å²) in [5.74, 6) is 0.0410. The smallest absolute Gasteiger partial charge is 0.343 e. The fraction of sp³-hybridized carbons (Fsp3) is 0.138. The van der Waals surface area contributed by atoms with E-state index in [-0.39, 0.29) is 5.41 Å². The third-order valence-electron chi connectivity index (χ3n) is 5.65. The van der Waals surface area contributed by atoms with Gasteiger partial charge in [0.2, 0.25) is 0 Å². The van der Waals surface area contributed by atoms with Crippen LogP contribution in [-0.2, 0) is 5.41 Å². The van der Waals surface area contributed by atoms with Crippen molar-refractivity contribution in [2.75, 3.05) is 0 Å². The van der Waals surface area contributed by atoms with Crippen molar-refractivity contribution < 1.29 is 9.53 Å². The Labute approximate surface area is 203 Å². The predicted molar refractivity (Wildman–Crippen MR) is 136 cm³/mol. The van der Waals surface area contributed by atoms with Gasteiger partial charge in [0.05, 0.1) is 28.0 Å². The molecule has 0 spiro atoms. The van der Waals surface area contributed by atoms with E-state index in [1.807, 2.05) is 60.7 Å². The molecule has 0 aliphatic carbocycles. The lowest BCUT2D eigenvalue weighted by molar-refractivity contribution is 0.0735. The third kappa shape index (κ3) is 4.77. The first-order chi connectivity index (χ1) is 16.9. The molecule has 0 amide bonds. The van der Waals surface area contributed by atoms with Crippen molar-refractivity contribution in [2.45, 2.75) is 26.2 Å².